The largest absolute Gasteiger partial charge is 0.496 e. The van der Waals surface area contributed by atoms with E-state index in [1.165, 1.54) is 4.31 Å². The van der Waals surface area contributed by atoms with Gasteiger partial charge in [0.05, 0.1) is 12.0 Å². The van der Waals surface area contributed by atoms with E-state index in [9.17, 15) is 8.42 Å². The quantitative estimate of drug-likeness (QED) is 0.710. The lowest BCUT2D eigenvalue weighted by Crippen LogP contribution is -2.30. The summed E-state index contributed by atoms with van der Waals surface area (Å²) in [6.07, 6.45) is 1.03. The number of hydrogen-bond acceptors (Lipinski definition) is 4. The zero-order valence-electron chi connectivity index (χ0n) is 13.3. The zero-order valence-corrected chi connectivity index (χ0v) is 14.2. The number of hydrogen-bond donors (Lipinski definition) is 1. The van der Waals surface area contributed by atoms with Crippen LogP contribution in [0.15, 0.2) is 23.1 Å². The molecule has 0 aliphatic rings. The minimum atomic E-state index is -3.43. The van der Waals surface area contributed by atoms with Crippen molar-refractivity contribution >= 4 is 10.0 Å². The highest BCUT2D eigenvalue weighted by Gasteiger charge is 2.22. The van der Waals surface area contributed by atoms with Gasteiger partial charge in [0.2, 0.25) is 10.0 Å². The first kappa shape index (κ1) is 17.9. The molecule has 0 aliphatic carbocycles. The molecule has 0 saturated carbocycles. The predicted molar refractivity (Wildman–Crippen MR) is 85.1 cm³/mol. The Morgan fingerprint density at radius 2 is 1.86 bits per heavy atom. The predicted octanol–water partition coefficient (Wildman–Crippen LogP) is 2.23. The van der Waals surface area contributed by atoms with E-state index in [2.05, 4.69) is 12.2 Å². The highest BCUT2D eigenvalue weighted by Crippen LogP contribution is 2.24. The van der Waals surface area contributed by atoms with E-state index in [1.54, 1.807) is 25.3 Å². The van der Waals surface area contributed by atoms with Gasteiger partial charge in [-0.2, -0.15) is 4.31 Å². The molecule has 0 radical (unpaired) electrons. The minimum Gasteiger partial charge on any atom is -0.496 e. The molecule has 0 amide bonds. The van der Waals surface area contributed by atoms with E-state index < -0.39 is 10.0 Å². The maximum atomic E-state index is 12.5. The highest BCUT2D eigenvalue weighted by molar-refractivity contribution is 7.89. The monoisotopic (exact) mass is 314 g/mol. The van der Waals surface area contributed by atoms with Crippen molar-refractivity contribution in [1.82, 2.24) is 9.62 Å². The Labute approximate surface area is 128 Å². The van der Waals surface area contributed by atoms with Gasteiger partial charge in [0.25, 0.3) is 0 Å². The second-order valence-corrected chi connectivity index (χ2v) is 6.68. The lowest BCUT2D eigenvalue weighted by atomic mass is 10.2. The van der Waals surface area contributed by atoms with Crippen LogP contribution in [-0.2, 0) is 16.6 Å². The Hall–Kier alpha value is -1.11. The van der Waals surface area contributed by atoms with Crippen molar-refractivity contribution < 1.29 is 13.2 Å². The summed E-state index contributed by atoms with van der Waals surface area (Å²) < 4.78 is 31.8. The first-order valence-corrected chi connectivity index (χ1v) is 8.82. The molecular formula is C15H26N2O3S. The zero-order chi connectivity index (χ0) is 15.9. The molecule has 0 spiro atoms. The Morgan fingerprint density at radius 3 is 2.38 bits per heavy atom. The number of ether oxygens (including phenoxy) is 1. The molecule has 1 N–H and O–H groups in total. The summed E-state index contributed by atoms with van der Waals surface area (Å²) in [5.41, 5.74) is 0.860. The minimum absolute atomic E-state index is 0.320. The molecule has 0 aliphatic heterocycles. The maximum Gasteiger partial charge on any atom is 0.243 e. The number of methoxy groups -OCH3 is 1. The summed E-state index contributed by atoms with van der Waals surface area (Å²) in [5.74, 6) is 0.706. The van der Waals surface area contributed by atoms with Crippen LogP contribution in [0.25, 0.3) is 0 Å². The first-order chi connectivity index (χ1) is 10.0. The van der Waals surface area contributed by atoms with E-state index in [-0.39, 0.29) is 0 Å². The van der Waals surface area contributed by atoms with Crippen molar-refractivity contribution in [2.75, 3.05) is 26.7 Å². The van der Waals surface area contributed by atoms with Crippen molar-refractivity contribution in [3.63, 3.8) is 0 Å². The molecule has 0 atom stereocenters. The van der Waals surface area contributed by atoms with E-state index in [0.29, 0.717) is 30.3 Å². The first-order valence-electron chi connectivity index (χ1n) is 7.38. The van der Waals surface area contributed by atoms with Crippen molar-refractivity contribution in [1.29, 1.82) is 0 Å². The molecule has 0 bridgehead atoms. The Balaban J connectivity index is 3.12. The molecule has 0 aromatic heterocycles. The molecule has 0 saturated heterocycles. The van der Waals surface area contributed by atoms with Gasteiger partial charge in [-0.15, -0.1) is 0 Å². The number of nitrogens with zero attached hydrogens (tertiary/aromatic N) is 1. The van der Waals surface area contributed by atoms with Crippen LogP contribution in [0.1, 0.15) is 32.8 Å². The van der Waals surface area contributed by atoms with Crippen LogP contribution in [0.5, 0.6) is 5.75 Å². The van der Waals surface area contributed by atoms with Gasteiger partial charge in [-0.25, -0.2) is 8.42 Å². The molecule has 120 valence electrons. The van der Waals surface area contributed by atoms with Crippen LogP contribution in [0.2, 0.25) is 0 Å². The fourth-order valence-corrected chi connectivity index (χ4v) is 3.68. The number of benzene rings is 1. The van der Waals surface area contributed by atoms with Gasteiger partial charge in [0.15, 0.2) is 0 Å². The van der Waals surface area contributed by atoms with Crippen molar-refractivity contribution in [2.45, 2.75) is 38.6 Å². The summed E-state index contributed by atoms with van der Waals surface area (Å²) >= 11 is 0. The molecule has 1 rings (SSSR count). The molecule has 21 heavy (non-hydrogen) atoms. The SMILES string of the molecule is CCCNCc1cc(S(=O)(=O)N(CC)CC)ccc1OC. The number of sulfonamides is 1. The number of nitrogens with one attached hydrogen (secondary N) is 1. The molecule has 1 aromatic rings. The smallest absolute Gasteiger partial charge is 0.243 e. The van der Waals surface area contributed by atoms with Gasteiger partial charge in [-0.3, -0.25) is 0 Å². The Bertz CT molecular complexity index is 540. The van der Waals surface area contributed by atoms with E-state index in [0.717, 1.165) is 18.5 Å². The molecule has 6 heteroatoms. The van der Waals surface area contributed by atoms with Crippen LogP contribution in [0, 0.1) is 0 Å². The Morgan fingerprint density at radius 1 is 1.19 bits per heavy atom. The second kappa shape index (κ2) is 8.36. The van der Waals surface area contributed by atoms with Crippen LogP contribution >= 0.6 is 0 Å². The van der Waals surface area contributed by atoms with Crippen LogP contribution < -0.4 is 10.1 Å². The standard InChI is InChI=1S/C15H26N2O3S/c1-5-10-16-12-13-11-14(8-9-15(13)20-4)21(18,19)17(6-2)7-3/h8-9,11,16H,5-7,10,12H2,1-4H3. The van der Waals surface area contributed by atoms with Gasteiger partial charge in [0, 0.05) is 25.2 Å². The van der Waals surface area contributed by atoms with Crippen molar-refractivity contribution in [2.24, 2.45) is 0 Å². The van der Waals surface area contributed by atoms with Crippen molar-refractivity contribution in [3.05, 3.63) is 23.8 Å². The third-order valence-electron chi connectivity index (χ3n) is 3.34. The molecule has 0 heterocycles. The third-order valence-corrected chi connectivity index (χ3v) is 5.38. The topological polar surface area (TPSA) is 58.6 Å². The summed E-state index contributed by atoms with van der Waals surface area (Å²) in [7, 11) is -1.83. The maximum absolute atomic E-state index is 12.5. The van der Waals surface area contributed by atoms with Crippen LogP contribution in [0.3, 0.4) is 0 Å². The molecule has 5 nitrogen and oxygen atoms in total. The summed E-state index contributed by atoms with van der Waals surface area (Å²) in [5, 5.41) is 3.27. The van der Waals surface area contributed by atoms with Crippen molar-refractivity contribution in [3.8, 4) is 5.75 Å². The van der Waals surface area contributed by atoms with Crippen LogP contribution in [0.4, 0.5) is 0 Å². The van der Waals surface area contributed by atoms with Gasteiger partial charge in [-0.1, -0.05) is 20.8 Å². The lowest BCUT2D eigenvalue weighted by molar-refractivity contribution is 0.406. The van der Waals surface area contributed by atoms with E-state index in [1.807, 2.05) is 13.8 Å². The molecular weight excluding hydrogens is 288 g/mol. The Kier molecular flexibility index (Phi) is 7.14. The fraction of sp³-hybridized carbons (Fsp3) is 0.600. The van der Waals surface area contributed by atoms with E-state index >= 15 is 0 Å². The molecule has 0 unspecified atom stereocenters. The van der Waals surface area contributed by atoms with E-state index in [4.69, 9.17) is 4.74 Å². The highest BCUT2D eigenvalue weighted by atomic mass is 32.2. The fourth-order valence-electron chi connectivity index (χ4n) is 2.17. The van der Waals surface area contributed by atoms with Gasteiger partial charge in [-0.05, 0) is 31.2 Å². The van der Waals surface area contributed by atoms with Gasteiger partial charge < -0.3 is 10.1 Å². The second-order valence-electron chi connectivity index (χ2n) is 4.74. The average molecular weight is 314 g/mol. The molecule has 0 fully saturated rings. The molecule has 1 aromatic carbocycles. The summed E-state index contributed by atoms with van der Waals surface area (Å²) in [4.78, 5) is 0.320. The van der Waals surface area contributed by atoms with Crippen LogP contribution in [-0.4, -0.2) is 39.5 Å². The van der Waals surface area contributed by atoms with Gasteiger partial charge >= 0.3 is 0 Å². The third kappa shape index (κ3) is 4.43. The normalized spacial score (nSPS) is 11.9. The van der Waals surface area contributed by atoms with Gasteiger partial charge in [0.1, 0.15) is 5.75 Å². The summed E-state index contributed by atoms with van der Waals surface area (Å²) in [6.45, 7) is 8.19. The number of rotatable bonds is 9. The average Bonchev–Trinajstić information content (AvgIpc) is 2.48. The lowest BCUT2D eigenvalue weighted by Gasteiger charge is -2.19. The summed E-state index contributed by atoms with van der Waals surface area (Å²) in [6, 6.07) is 5.03.